The molecule has 0 aromatic rings. The summed E-state index contributed by atoms with van der Waals surface area (Å²) in [6.07, 6.45) is 0. The van der Waals surface area contributed by atoms with Crippen LogP contribution >= 0.6 is 11.8 Å². The molecule has 1 amide bonds. The summed E-state index contributed by atoms with van der Waals surface area (Å²) >= 11 is 1.02. The van der Waals surface area contributed by atoms with Gasteiger partial charge in [-0.25, -0.2) is 5.84 Å². The predicted octanol–water partition coefficient (Wildman–Crippen LogP) is -0.256. The van der Waals surface area contributed by atoms with Gasteiger partial charge in [-0.15, -0.1) is 11.8 Å². The van der Waals surface area contributed by atoms with E-state index >= 15 is 0 Å². The molecule has 3 N–H and O–H groups in total. The molecule has 0 radical (unpaired) electrons. The molecule has 1 heterocycles. The standard InChI is InChI=1S/C6H10F2N2O2S/c7-6(8,5(11)10-9)3-13-4-1-12-2-4/h4H,1-3,9H2,(H,10,11). The summed E-state index contributed by atoms with van der Waals surface area (Å²) in [5.74, 6) is -0.792. The SMILES string of the molecule is NNC(=O)C(F)(F)CSC1COC1. The van der Waals surface area contributed by atoms with E-state index in [2.05, 4.69) is 5.84 Å². The second-order valence-corrected chi connectivity index (χ2v) is 3.94. The Morgan fingerprint density at radius 2 is 2.31 bits per heavy atom. The Hall–Kier alpha value is -0.400. The van der Waals surface area contributed by atoms with Gasteiger partial charge in [0.15, 0.2) is 0 Å². The number of hydrazine groups is 1. The van der Waals surface area contributed by atoms with Crippen LogP contribution in [0.3, 0.4) is 0 Å². The molecule has 0 unspecified atom stereocenters. The number of carbonyl (C=O) groups excluding carboxylic acids is 1. The van der Waals surface area contributed by atoms with E-state index in [4.69, 9.17) is 4.74 Å². The molecule has 1 aliphatic heterocycles. The van der Waals surface area contributed by atoms with Gasteiger partial charge in [0.05, 0.1) is 24.2 Å². The maximum absolute atomic E-state index is 12.8. The number of thioether (sulfide) groups is 1. The molecule has 1 saturated heterocycles. The zero-order valence-corrected chi connectivity index (χ0v) is 7.57. The van der Waals surface area contributed by atoms with Crippen LogP contribution in [0.2, 0.25) is 0 Å². The summed E-state index contributed by atoms with van der Waals surface area (Å²) in [5, 5.41) is 0.0800. The molecule has 1 rings (SSSR count). The van der Waals surface area contributed by atoms with Crippen LogP contribution < -0.4 is 11.3 Å². The van der Waals surface area contributed by atoms with Gasteiger partial charge < -0.3 is 4.74 Å². The third-order valence-corrected chi connectivity index (χ3v) is 2.84. The molecule has 0 aliphatic carbocycles. The summed E-state index contributed by atoms with van der Waals surface area (Å²) in [7, 11) is 0. The van der Waals surface area contributed by atoms with Crippen molar-refractivity contribution in [3.8, 4) is 0 Å². The van der Waals surface area contributed by atoms with Crippen molar-refractivity contribution in [1.29, 1.82) is 0 Å². The smallest absolute Gasteiger partial charge is 0.334 e. The van der Waals surface area contributed by atoms with Crippen LogP contribution in [0.4, 0.5) is 8.78 Å². The quantitative estimate of drug-likeness (QED) is 0.383. The molecule has 0 saturated carbocycles. The number of amides is 1. The largest absolute Gasteiger partial charge is 0.379 e. The van der Waals surface area contributed by atoms with Gasteiger partial charge in [0.2, 0.25) is 0 Å². The first-order valence-electron chi connectivity index (χ1n) is 3.64. The summed E-state index contributed by atoms with van der Waals surface area (Å²) in [6, 6.07) is 0. The van der Waals surface area contributed by atoms with Crippen molar-refractivity contribution in [2.75, 3.05) is 19.0 Å². The van der Waals surface area contributed by atoms with E-state index in [-0.39, 0.29) is 5.25 Å². The van der Waals surface area contributed by atoms with Gasteiger partial charge in [-0.1, -0.05) is 0 Å². The maximum Gasteiger partial charge on any atom is 0.334 e. The number of nitrogens with one attached hydrogen (secondary N) is 1. The van der Waals surface area contributed by atoms with E-state index in [1.807, 2.05) is 0 Å². The highest BCUT2D eigenvalue weighted by Crippen LogP contribution is 2.26. The Kier molecular flexibility index (Phi) is 3.46. The maximum atomic E-state index is 12.8. The molecule has 1 aliphatic rings. The fourth-order valence-electron chi connectivity index (χ4n) is 0.704. The van der Waals surface area contributed by atoms with Crippen molar-refractivity contribution in [3.05, 3.63) is 0 Å². The Morgan fingerprint density at radius 3 is 2.69 bits per heavy atom. The predicted molar refractivity (Wildman–Crippen MR) is 44.3 cm³/mol. The van der Waals surface area contributed by atoms with Crippen molar-refractivity contribution >= 4 is 17.7 Å². The van der Waals surface area contributed by atoms with E-state index in [0.717, 1.165) is 11.8 Å². The van der Waals surface area contributed by atoms with Gasteiger partial charge in [-0.2, -0.15) is 8.78 Å². The molecule has 1 fully saturated rings. The fraction of sp³-hybridized carbons (Fsp3) is 0.833. The van der Waals surface area contributed by atoms with Gasteiger partial charge in [-0.3, -0.25) is 10.2 Å². The Morgan fingerprint density at radius 1 is 1.69 bits per heavy atom. The number of nitrogens with two attached hydrogens (primary N) is 1. The molecule has 7 heteroatoms. The van der Waals surface area contributed by atoms with Crippen LogP contribution in [-0.4, -0.2) is 36.0 Å². The summed E-state index contributed by atoms with van der Waals surface area (Å²) in [4.78, 5) is 10.5. The molecule has 0 atom stereocenters. The Balaban J connectivity index is 2.27. The molecule has 0 aromatic heterocycles. The normalized spacial score (nSPS) is 18.1. The number of halogens is 2. The van der Waals surface area contributed by atoms with Crippen molar-refractivity contribution < 1.29 is 18.3 Å². The number of hydrogen-bond donors (Lipinski definition) is 2. The molecule has 13 heavy (non-hydrogen) atoms. The molecule has 0 aromatic carbocycles. The minimum atomic E-state index is -3.39. The monoisotopic (exact) mass is 212 g/mol. The van der Waals surface area contributed by atoms with E-state index < -0.39 is 17.6 Å². The zero-order valence-electron chi connectivity index (χ0n) is 6.76. The first-order chi connectivity index (χ1) is 6.06. The van der Waals surface area contributed by atoms with E-state index in [0.29, 0.717) is 13.2 Å². The lowest BCUT2D eigenvalue weighted by Crippen LogP contribution is -2.46. The lowest BCUT2D eigenvalue weighted by atomic mass is 10.4. The number of rotatable bonds is 4. The second kappa shape index (κ2) is 4.21. The molecule has 4 nitrogen and oxygen atoms in total. The Bertz CT molecular complexity index is 199. The number of alkyl halides is 2. The van der Waals surface area contributed by atoms with Gasteiger partial charge in [-0.05, 0) is 0 Å². The first-order valence-corrected chi connectivity index (χ1v) is 4.69. The van der Waals surface area contributed by atoms with E-state index in [9.17, 15) is 13.6 Å². The third kappa shape index (κ3) is 2.78. The highest BCUT2D eigenvalue weighted by molar-refractivity contribution is 8.00. The topological polar surface area (TPSA) is 64.3 Å². The van der Waals surface area contributed by atoms with Crippen LogP contribution in [0.5, 0.6) is 0 Å². The average Bonchev–Trinajstić information content (AvgIpc) is 1.99. The number of ether oxygens (including phenoxy) is 1. The highest BCUT2D eigenvalue weighted by atomic mass is 32.2. The van der Waals surface area contributed by atoms with Crippen molar-refractivity contribution in [1.82, 2.24) is 5.43 Å². The summed E-state index contributed by atoms with van der Waals surface area (Å²) in [6.45, 7) is 0.954. The molecule has 0 bridgehead atoms. The van der Waals surface area contributed by atoms with Crippen LogP contribution in [0, 0.1) is 0 Å². The van der Waals surface area contributed by atoms with Crippen LogP contribution in [0.25, 0.3) is 0 Å². The summed E-state index contributed by atoms with van der Waals surface area (Å²) in [5.41, 5.74) is 1.43. The lowest BCUT2D eigenvalue weighted by Gasteiger charge is -2.26. The second-order valence-electron chi connectivity index (χ2n) is 2.65. The molecular weight excluding hydrogens is 202 g/mol. The van der Waals surface area contributed by atoms with Crippen LogP contribution in [0.1, 0.15) is 0 Å². The van der Waals surface area contributed by atoms with Crippen LogP contribution in [0.15, 0.2) is 0 Å². The van der Waals surface area contributed by atoms with Gasteiger partial charge in [0, 0.05) is 0 Å². The summed E-state index contributed by atoms with van der Waals surface area (Å²) < 4.78 is 30.4. The number of carbonyl (C=O) groups is 1. The molecule has 0 spiro atoms. The van der Waals surface area contributed by atoms with Gasteiger partial charge in [0.1, 0.15) is 0 Å². The van der Waals surface area contributed by atoms with Gasteiger partial charge in [0.25, 0.3) is 0 Å². The van der Waals surface area contributed by atoms with E-state index in [1.54, 1.807) is 0 Å². The van der Waals surface area contributed by atoms with E-state index in [1.165, 1.54) is 5.43 Å². The lowest BCUT2D eigenvalue weighted by molar-refractivity contribution is -0.142. The number of hydrogen-bond acceptors (Lipinski definition) is 4. The minimum Gasteiger partial charge on any atom is -0.379 e. The van der Waals surface area contributed by atoms with Crippen molar-refractivity contribution in [2.24, 2.45) is 5.84 Å². The van der Waals surface area contributed by atoms with Crippen molar-refractivity contribution in [2.45, 2.75) is 11.2 Å². The fourth-order valence-corrected chi connectivity index (χ4v) is 1.66. The van der Waals surface area contributed by atoms with Crippen molar-refractivity contribution in [3.63, 3.8) is 0 Å². The Labute approximate surface area is 78.1 Å². The highest BCUT2D eigenvalue weighted by Gasteiger charge is 2.39. The average molecular weight is 212 g/mol. The van der Waals surface area contributed by atoms with Gasteiger partial charge >= 0.3 is 11.8 Å². The third-order valence-electron chi connectivity index (χ3n) is 1.57. The minimum absolute atomic E-state index is 0.0800. The molecular formula is C6H10F2N2O2S. The zero-order chi connectivity index (χ0) is 9.90. The molecule has 76 valence electrons. The van der Waals surface area contributed by atoms with Crippen LogP contribution in [-0.2, 0) is 9.53 Å². The first kappa shape index (κ1) is 10.7.